The van der Waals surface area contributed by atoms with Gasteiger partial charge in [-0.3, -0.25) is 10.2 Å². The van der Waals surface area contributed by atoms with Crippen molar-refractivity contribution in [1.82, 2.24) is 5.32 Å². The monoisotopic (exact) mass is 261 g/mol. The van der Waals surface area contributed by atoms with E-state index in [1.54, 1.807) is 14.0 Å². The topological polar surface area (TPSA) is 127 Å². The van der Waals surface area contributed by atoms with Gasteiger partial charge in [-0.15, -0.1) is 0 Å². The Bertz CT molecular complexity index is 291. The van der Waals surface area contributed by atoms with Crippen molar-refractivity contribution >= 4 is 28.8 Å². The molecule has 8 heteroatoms. The fourth-order valence-corrected chi connectivity index (χ4v) is 1.62. The van der Waals surface area contributed by atoms with Gasteiger partial charge in [-0.1, -0.05) is 11.8 Å². The van der Waals surface area contributed by atoms with Gasteiger partial charge in [-0.05, 0) is 13.3 Å². The molecule has 0 rings (SSSR count). The lowest BCUT2D eigenvalue weighted by Gasteiger charge is -2.10. The normalized spacial score (nSPS) is 11.6. The number of carbonyl (C=O) groups is 1. The molecule has 1 amide bonds. The van der Waals surface area contributed by atoms with Crippen molar-refractivity contribution in [3.05, 3.63) is 0 Å². The highest BCUT2D eigenvalue weighted by Crippen LogP contribution is 2.12. The van der Waals surface area contributed by atoms with Crippen LogP contribution >= 0.6 is 11.8 Å². The molecule has 7 nitrogen and oxygen atoms in total. The second kappa shape index (κ2) is 8.82. The number of methoxy groups -OCH3 is 1. The van der Waals surface area contributed by atoms with Crippen molar-refractivity contribution in [1.29, 1.82) is 5.41 Å². The Balaban J connectivity index is 3.89. The smallest absolute Gasteiger partial charge is 0.233 e. The molecule has 0 radical (unpaired) electrons. The van der Waals surface area contributed by atoms with E-state index in [2.05, 4.69) is 10.3 Å². The second-order valence-electron chi connectivity index (χ2n) is 3.24. The van der Waals surface area contributed by atoms with E-state index in [0.717, 1.165) is 18.2 Å². The minimum atomic E-state index is -0.409. The fraction of sp³-hybridized carbons (Fsp3) is 0.667. The largest absolute Gasteiger partial charge is 0.385 e. The maximum absolute atomic E-state index is 11.5. The maximum atomic E-state index is 11.5. The Morgan fingerprint density at radius 1 is 1.59 bits per heavy atom. The zero-order chi connectivity index (χ0) is 13.3. The van der Waals surface area contributed by atoms with Crippen LogP contribution in [-0.4, -0.2) is 42.5 Å². The van der Waals surface area contributed by atoms with Crippen LogP contribution in [0.1, 0.15) is 13.3 Å². The molecule has 1 unspecified atom stereocenters. The third kappa shape index (κ3) is 8.52. The third-order valence-electron chi connectivity index (χ3n) is 1.71. The summed E-state index contributed by atoms with van der Waals surface area (Å²) < 4.78 is 4.86. The van der Waals surface area contributed by atoms with E-state index in [-0.39, 0.29) is 17.0 Å². The lowest BCUT2D eigenvalue weighted by Crippen LogP contribution is -2.33. The van der Waals surface area contributed by atoms with Gasteiger partial charge in [0.2, 0.25) is 5.91 Å². The minimum absolute atomic E-state index is 0.0791. The van der Waals surface area contributed by atoms with Crippen LogP contribution < -0.4 is 16.8 Å². The van der Waals surface area contributed by atoms with Crippen molar-refractivity contribution in [3.63, 3.8) is 0 Å². The summed E-state index contributed by atoms with van der Waals surface area (Å²) in [6.07, 6.45) is 0.755. The van der Waals surface area contributed by atoms with E-state index in [4.69, 9.17) is 21.6 Å². The summed E-state index contributed by atoms with van der Waals surface area (Å²) in [6.45, 7) is 2.84. The number of hydrogen-bond acceptors (Lipinski definition) is 4. The number of carbonyl (C=O) groups excluding carboxylic acids is 1. The number of guanidine groups is 1. The molecule has 1 atom stereocenters. The predicted molar refractivity (Wildman–Crippen MR) is 70.1 cm³/mol. The van der Waals surface area contributed by atoms with Gasteiger partial charge < -0.3 is 21.5 Å². The number of hydrogen-bond donors (Lipinski definition) is 4. The van der Waals surface area contributed by atoms with Crippen molar-refractivity contribution in [2.75, 3.05) is 20.3 Å². The minimum Gasteiger partial charge on any atom is -0.385 e. The van der Waals surface area contributed by atoms with Crippen molar-refractivity contribution in [2.45, 2.75) is 18.6 Å². The summed E-state index contributed by atoms with van der Waals surface area (Å²) in [6, 6.07) is 0. The first-order valence-corrected chi connectivity index (χ1v) is 5.96. The predicted octanol–water partition coefficient (Wildman–Crippen LogP) is -0.531. The van der Waals surface area contributed by atoms with Crippen LogP contribution in [0, 0.1) is 5.41 Å². The zero-order valence-corrected chi connectivity index (χ0v) is 10.8. The van der Waals surface area contributed by atoms with Gasteiger partial charge in [0.05, 0.1) is 5.25 Å². The number of nitrogens with two attached hydrogens (primary N) is 2. The van der Waals surface area contributed by atoms with Crippen molar-refractivity contribution in [2.24, 2.45) is 16.5 Å². The van der Waals surface area contributed by atoms with E-state index in [9.17, 15) is 4.79 Å². The number of amides is 1. The van der Waals surface area contributed by atoms with Crippen molar-refractivity contribution in [3.8, 4) is 0 Å². The number of amidine groups is 1. The van der Waals surface area contributed by atoms with E-state index >= 15 is 0 Å². The number of ether oxygens (including phenoxy) is 1. The molecular formula is C9H19N5O2S. The Kier molecular flexibility index (Phi) is 8.16. The van der Waals surface area contributed by atoms with Gasteiger partial charge in [0, 0.05) is 20.3 Å². The van der Waals surface area contributed by atoms with Crippen LogP contribution in [0.2, 0.25) is 0 Å². The maximum Gasteiger partial charge on any atom is 0.233 e. The summed E-state index contributed by atoms with van der Waals surface area (Å²) in [4.78, 5) is 15.1. The molecule has 0 bridgehead atoms. The van der Waals surface area contributed by atoms with E-state index in [0.29, 0.717) is 13.2 Å². The lowest BCUT2D eigenvalue weighted by molar-refractivity contribution is -0.120. The number of aliphatic imine (C=N–C) groups is 1. The number of nitrogens with zero attached hydrogens (tertiary/aromatic N) is 1. The SMILES string of the molecule is COCCCNC(=O)C(C)SC(=N)N=C(N)N. The van der Waals surface area contributed by atoms with E-state index < -0.39 is 5.25 Å². The summed E-state index contributed by atoms with van der Waals surface area (Å²) in [5, 5.41) is 9.64. The molecule has 0 aromatic heterocycles. The van der Waals surface area contributed by atoms with Gasteiger partial charge in [0.15, 0.2) is 11.1 Å². The first-order valence-electron chi connectivity index (χ1n) is 5.09. The molecule has 0 aliphatic carbocycles. The molecule has 98 valence electrons. The molecule has 0 aromatic rings. The molecule has 0 fully saturated rings. The highest BCUT2D eigenvalue weighted by Gasteiger charge is 2.15. The standard InChI is InChI=1S/C9H19N5O2S/c1-6(17-9(12)14-8(10)11)7(15)13-4-3-5-16-2/h6H,3-5H2,1-2H3,(H,13,15)(H5,10,11,12,14). The molecule has 0 spiro atoms. The Morgan fingerprint density at radius 3 is 2.76 bits per heavy atom. The quantitative estimate of drug-likeness (QED) is 0.290. The number of rotatable bonds is 6. The zero-order valence-electron chi connectivity index (χ0n) is 10.0. The average molecular weight is 261 g/mol. The first-order chi connectivity index (χ1) is 7.97. The van der Waals surface area contributed by atoms with Gasteiger partial charge in [0.25, 0.3) is 0 Å². The molecular weight excluding hydrogens is 242 g/mol. The molecule has 6 N–H and O–H groups in total. The van der Waals surface area contributed by atoms with Crippen LogP contribution in [0.3, 0.4) is 0 Å². The van der Waals surface area contributed by atoms with Crippen molar-refractivity contribution < 1.29 is 9.53 Å². The van der Waals surface area contributed by atoms with E-state index in [1.807, 2.05) is 0 Å². The summed E-state index contributed by atoms with van der Waals surface area (Å²) >= 11 is 0.992. The molecule has 0 aromatic carbocycles. The molecule has 0 aliphatic rings. The average Bonchev–Trinajstić information content (AvgIpc) is 2.22. The van der Waals surface area contributed by atoms with Crippen LogP contribution in [0.25, 0.3) is 0 Å². The summed E-state index contributed by atoms with van der Waals surface area (Å²) in [5.74, 6) is -0.336. The first kappa shape index (κ1) is 15.7. The molecule has 0 heterocycles. The third-order valence-corrected chi connectivity index (χ3v) is 2.59. The second-order valence-corrected chi connectivity index (χ2v) is 4.57. The molecule has 0 saturated heterocycles. The van der Waals surface area contributed by atoms with Crippen LogP contribution in [0.4, 0.5) is 0 Å². The Labute approximate surface area is 105 Å². The number of thioether (sulfide) groups is 1. The highest BCUT2D eigenvalue weighted by molar-refractivity contribution is 8.14. The fourth-order valence-electron chi connectivity index (χ4n) is 0.936. The Hall–Kier alpha value is -1.28. The highest BCUT2D eigenvalue weighted by atomic mass is 32.2. The lowest BCUT2D eigenvalue weighted by atomic mass is 10.4. The van der Waals surface area contributed by atoms with Crippen LogP contribution in [-0.2, 0) is 9.53 Å². The molecule has 0 aliphatic heterocycles. The van der Waals surface area contributed by atoms with E-state index in [1.165, 1.54) is 0 Å². The summed E-state index contributed by atoms with van der Waals surface area (Å²) in [7, 11) is 1.61. The van der Waals surface area contributed by atoms with Gasteiger partial charge >= 0.3 is 0 Å². The van der Waals surface area contributed by atoms with Gasteiger partial charge in [-0.2, -0.15) is 4.99 Å². The van der Waals surface area contributed by atoms with Gasteiger partial charge in [-0.25, -0.2) is 0 Å². The summed E-state index contributed by atoms with van der Waals surface area (Å²) in [5.41, 5.74) is 10.2. The number of nitrogens with one attached hydrogen (secondary N) is 2. The molecule has 0 saturated carbocycles. The van der Waals surface area contributed by atoms with Crippen LogP contribution in [0.15, 0.2) is 4.99 Å². The Morgan fingerprint density at radius 2 is 2.24 bits per heavy atom. The van der Waals surface area contributed by atoms with Crippen LogP contribution in [0.5, 0.6) is 0 Å². The molecule has 17 heavy (non-hydrogen) atoms. The van der Waals surface area contributed by atoms with Gasteiger partial charge in [0.1, 0.15) is 0 Å².